The van der Waals surface area contributed by atoms with Crippen LogP contribution < -0.4 is 0 Å². The molecule has 2 aromatic heterocycles. The van der Waals surface area contributed by atoms with Crippen LogP contribution in [0.5, 0.6) is 0 Å². The lowest BCUT2D eigenvalue weighted by Gasteiger charge is -2.27. The number of hydrogen-bond donors (Lipinski definition) is 0. The van der Waals surface area contributed by atoms with Gasteiger partial charge in [0.05, 0.1) is 11.3 Å². The third-order valence-electron chi connectivity index (χ3n) is 5.88. The molecule has 0 aliphatic heterocycles. The molecule has 2 aliphatic carbocycles. The van der Waals surface area contributed by atoms with Crippen molar-refractivity contribution < 1.29 is 0 Å². The van der Waals surface area contributed by atoms with Crippen LogP contribution in [0.2, 0.25) is 0 Å². The van der Waals surface area contributed by atoms with Crippen LogP contribution in [0.1, 0.15) is 73.2 Å². The van der Waals surface area contributed by atoms with Crippen LogP contribution in [0.3, 0.4) is 0 Å². The molecule has 0 bridgehead atoms. The summed E-state index contributed by atoms with van der Waals surface area (Å²) in [6.45, 7) is 4.32. The van der Waals surface area contributed by atoms with Crippen molar-refractivity contribution in [3.05, 3.63) is 46.5 Å². The lowest BCUT2D eigenvalue weighted by Crippen LogP contribution is -2.18. The van der Waals surface area contributed by atoms with Gasteiger partial charge in [-0.15, -0.1) is 0 Å². The van der Waals surface area contributed by atoms with E-state index < -0.39 is 0 Å². The molecule has 0 N–H and O–H groups in total. The molecule has 0 amide bonds. The SMILES string of the molecule is Cc1cc(-c2c(C#N)c(C3CCCC3)nc3c2CC(C)CC3)ccn1. The first-order chi connectivity index (χ1) is 12.2. The first-order valence-electron chi connectivity index (χ1n) is 9.56. The minimum absolute atomic E-state index is 0.459. The van der Waals surface area contributed by atoms with Gasteiger partial charge in [-0.25, -0.2) is 0 Å². The topological polar surface area (TPSA) is 49.6 Å². The molecule has 128 valence electrons. The van der Waals surface area contributed by atoms with Gasteiger partial charge in [-0.2, -0.15) is 5.26 Å². The van der Waals surface area contributed by atoms with Crippen molar-refractivity contribution in [1.29, 1.82) is 5.26 Å². The van der Waals surface area contributed by atoms with Crippen molar-refractivity contribution in [3.8, 4) is 17.2 Å². The second-order valence-corrected chi connectivity index (χ2v) is 7.80. The molecule has 2 aliphatic rings. The number of aromatic nitrogens is 2. The number of aryl methyl sites for hydroxylation is 2. The molecule has 2 aromatic rings. The van der Waals surface area contributed by atoms with Crippen LogP contribution in [0.4, 0.5) is 0 Å². The van der Waals surface area contributed by atoms with Crippen LogP contribution in [-0.2, 0) is 12.8 Å². The average Bonchev–Trinajstić information content (AvgIpc) is 3.14. The van der Waals surface area contributed by atoms with E-state index in [1.54, 1.807) is 0 Å². The molecule has 0 radical (unpaired) electrons. The summed E-state index contributed by atoms with van der Waals surface area (Å²) in [4.78, 5) is 9.42. The van der Waals surface area contributed by atoms with Gasteiger partial charge < -0.3 is 0 Å². The maximum atomic E-state index is 10.1. The molecule has 3 nitrogen and oxygen atoms in total. The molecule has 25 heavy (non-hydrogen) atoms. The Morgan fingerprint density at radius 3 is 2.72 bits per heavy atom. The summed E-state index contributed by atoms with van der Waals surface area (Å²) >= 11 is 0. The highest BCUT2D eigenvalue weighted by Crippen LogP contribution is 2.42. The molecule has 4 rings (SSSR count). The van der Waals surface area contributed by atoms with Gasteiger partial charge in [-0.1, -0.05) is 19.8 Å². The summed E-state index contributed by atoms with van der Waals surface area (Å²) < 4.78 is 0. The molecular formula is C22H25N3. The minimum Gasteiger partial charge on any atom is -0.262 e. The van der Waals surface area contributed by atoms with E-state index in [0.717, 1.165) is 40.9 Å². The maximum absolute atomic E-state index is 10.1. The number of pyridine rings is 2. The number of nitrogens with zero attached hydrogens (tertiary/aromatic N) is 3. The standard InChI is InChI=1S/C22H25N3/c1-14-7-8-20-18(11-14)21(17-9-10-24-15(2)12-17)19(13-23)22(25-20)16-5-3-4-6-16/h9-10,12,14,16H,3-8,11H2,1-2H3. The fraction of sp³-hybridized carbons (Fsp3) is 0.500. The van der Waals surface area contributed by atoms with Crippen molar-refractivity contribution in [2.24, 2.45) is 5.92 Å². The van der Waals surface area contributed by atoms with Crippen molar-refractivity contribution in [1.82, 2.24) is 9.97 Å². The van der Waals surface area contributed by atoms with E-state index in [1.165, 1.54) is 43.4 Å². The van der Waals surface area contributed by atoms with E-state index in [9.17, 15) is 5.26 Å². The Morgan fingerprint density at radius 1 is 1.20 bits per heavy atom. The second-order valence-electron chi connectivity index (χ2n) is 7.80. The highest BCUT2D eigenvalue weighted by molar-refractivity contribution is 5.76. The van der Waals surface area contributed by atoms with Gasteiger partial charge in [0.25, 0.3) is 0 Å². The van der Waals surface area contributed by atoms with Gasteiger partial charge in [0.2, 0.25) is 0 Å². The van der Waals surface area contributed by atoms with Crippen LogP contribution in [0, 0.1) is 24.2 Å². The van der Waals surface area contributed by atoms with E-state index in [1.807, 2.05) is 13.1 Å². The zero-order valence-electron chi connectivity index (χ0n) is 15.2. The van der Waals surface area contributed by atoms with Crippen molar-refractivity contribution in [2.75, 3.05) is 0 Å². The highest BCUT2D eigenvalue weighted by atomic mass is 14.7. The monoisotopic (exact) mass is 331 g/mol. The molecule has 3 heteroatoms. The molecule has 1 unspecified atom stereocenters. The number of nitriles is 1. The summed E-state index contributed by atoms with van der Waals surface area (Å²) in [5.41, 5.74) is 7.72. The lowest BCUT2D eigenvalue weighted by molar-refractivity contribution is 0.492. The van der Waals surface area contributed by atoms with Crippen LogP contribution in [0.25, 0.3) is 11.1 Å². The van der Waals surface area contributed by atoms with E-state index in [-0.39, 0.29) is 0 Å². The van der Waals surface area contributed by atoms with Gasteiger partial charge in [-0.05, 0) is 68.2 Å². The van der Waals surface area contributed by atoms with E-state index in [0.29, 0.717) is 11.8 Å². The van der Waals surface area contributed by atoms with Gasteiger partial charge in [0, 0.05) is 29.1 Å². The fourth-order valence-electron chi connectivity index (χ4n) is 4.58. The smallest absolute Gasteiger partial charge is 0.102 e. The zero-order valence-corrected chi connectivity index (χ0v) is 15.2. The third kappa shape index (κ3) is 2.95. The zero-order chi connectivity index (χ0) is 17.4. The largest absolute Gasteiger partial charge is 0.262 e. The molecule has 2 heterocycles. The van der Waals surface area contributed by atoms with Crippen molar-refractivity contribution >= 4 is 0 Å². The first-order valence-corrected chi connectivity index (χ1v) is 9.56. The Morgan fingerprint density at radius 2 is 2.00 bits per heavy atom. The Hall–Kier alpha value is -2.21. The van der Waals surface area contributed by atoms with Gasteiger partial charge in [-0.3, -0.25) is 9.97 Å². The summed E-state index contributed by atoms with van der Waals surface area (Å²) in [5, 5.41) is 10.1. The molecule has 0 spiro atoms. The second kappa shape index (κ2) is 6.59. The van der Waals surface area contributed by atoms with Crippen LogP contribution in [0.15, 0.2) is 18.3 Å². The molecule has 1 atom stereocenters. The number of fused-ring (bicyclic) bond motifs is 1. The van der Waals surface area contributed by atoms with Crippen LogP contribution in [-0.4, -0.2) is 9.97 Å². The van der Waals surface area contributed by atoms with Gasteiger partial charge >= 0.3 is 0 Å². The van der Waals surface area contributed by atoms with Crippen LogP contribution >= 0.6 is 0 Å². The summed E-state index contributed by atoms with van der Waals surface area (Å²) in [5.74, 6) is 1.11. The summed E-state index contributed by atoms with van der Waals surface area (Å²) in [7, 11) is 0. The fourth-order valence-corrected chi connectivity index (χ4v) is 4.58. The van der Waals surface area contributed by atoms with Crippen molar-refractivity contribution in [2.45, 2.75) is 64.7 Å². The predicted molar refractivity (Wildman–Crippen MR) is 99.3 cm³/mol. The normalized spacial score (nSPS) is 20.3. The maximum Gasteiger partial charge on any atom is 0.102 e. The Bertz CT molecular complexity index is 841. The number of rotatable bonds is 2. The van der Waals surface area contributed by atoms with E-state index in [4.69, 9.17) is 4.98 Å². The Labute approximate surface area is 150 Å². The summed E-state index contributed by atoms with van der Waals surface area (Å²) in [6, 6.07) is 6.72. The predicted octanol–water partition coefficient (Wildman–Crippen LogP) is 5.11. The van der Waals surface area contributed by atoms with Gasteiger partial charge in [0.1, 0.15) is 6.07 Å². The van der Waals surface area contributed by atoms with E-state index >= 15 is 0 Å². The molecule has 0 aromatic carbocycles. The third-order valence-corrected chi connectivity index (χ3v) is 5.88. The molecular weight excluding hydrogens is 306 g/mol. The first kappa shape index (κ1) is 16.3. The summed E-state index contributed by atoms with van der Waals surface area (Å²) in [6.07, 6.45) is 9.99. The van der Waals surface area contributed by atoms with Gasteiger partial charge in [0.15, 0.2) is 0 Å². The quantitative estimate of drug-likeness (QED) is 0.768. The average molecular weight is 331 g/mol. The number of hydrogen-bond acceptors (Lipinski definition) is 3. The molecule has 1 saturated carbocycles. The highest BCUT2D eigenvalue weighted by Gasteiger charge is 2.29. The minimum atomic E-state index is 0.459. The van der Waals surface area contributed by atoms with E-state index in [2.05, 4.69) is 30.1 Å². The molecule has 0 saturated heterocycles. The Balaban J connectivity index is 1.98. The molecule has 1 fully saturated rings. The Kier molecular flexibility index (Phi) is 4.29. The van der Waals surface area contributed by atoms with Crippen molar-refractivity contribution in [3.63, 3.8) is 0 Å². The lowest BCUT2D eigenvalue weighted by atomic mass is 9.80.